The smallest absolute Gasteiger partial charge is 0.275 e. The molecule has 0 unspecified atom stereocenters. The van der Waals surface area contributed by atoms with Crippen molar-refractivity contribution < 1.29 is 9.42 Å². The van der Waals surface area contributed by atoms with E-state index in [9.17, 15) is 4.79 Å². The Kier molecular flexibility index (Phi) is 3.18. The summed E-state index contributed by atoms with van der Waals surface area (Å²) < 4.78 is 4.48. The number of benzene rings is 1. The lowest BCUT2D eigenvalue weighted by molar-refractivity contribution is 0.0940. The van der Waals surface area contributed by atoms with Gasteiger partial charge in [0.15, 0.2) is 5.69 Å². The highest BCUT2D eigenvalue weighted by Gasteiger charge is 2.14. The highest BCUT2D eigenvalue weighted by molar-refractivity contribution is 5.92. The molecule has 0 atom stereocenters. The summed E-state index contributed by atoms with van der Waals surface area (Å²) in [5.74, 6) is -0.273. The number of nitrogens with one attached hydrogen (secondary N) is 1. The van der Waals surface area contributed by atoms with E-state index in [0.29, 0.717) is 12.2 Å². The minimum atomic E-state index is -0.273. The van der Waals surface area contributed by atoms with Gasteiger partial charge in [-0.05, 0) is 24.6 Å². The standard InChI is InChI=1S/C12H13N3O2/c1-8-4-3-5-10(6-8)7-13-12(16)11-9(2)14-17-15-11/h3-6H,7H2,1-2H3,(H,13,16). The lowest BCUT2D eigenvalue weighted by Crippen LogP contribution is -2.23. The second kappa shape index (κ2) is 4.78. The van der Waals surface area contributed by atoms with E-state index < -0.39 is 0 Å². The van der Waals surface area contributed by atoms with Gasteiger partial charge in [-0.2, -0.15) is 0 Å². The molecule has 1 N–H and O–H groups in total. The molecular weight excluding hydrogens is 218 g/mol. The fourth-order valence-electron chi connectivity index (χ4n) is 1.53. The van der Waals surface area contributed by atoms with Crippen molar-refractivity contribution in [2.75, 3.05) is 0 Å². The highest BCUT2D eigenvalue weighted by atomic mass is 16.6. The van der Waals surface area contributed by atoms with Crippen molar-refractivity contribution in [1.29, 1.82) is 0 Å². The van der Waals surface area contributed by atoms with Crippen LogP contribution < -0.4 is 5.32 Å². The van der Waals surface area contributed by atoms with Crippen LogP contribution in [0.15, 0.2) is 28.9 Å². The average Bonchev–Trinajstić information content (AvgIpc) is 2.72. The lowest BCUT2D eigenvalue weighted by atomic mass is 10.1. The van der Waals surface area contributed by atoms with E-state index in [1.165, 1.54) is 0 Å². The lowest BCUT2D eigenvalue weighted by Gasteiger charge is -2.04. The summed E-state index contributed by atoms with van der Waals surface area (Å²) in [5.41, 5.74) is 2.94. The van der Waals surface area contributed by atoms with E-state index in [2.05, 4.69) is 20.3 Å². The first-order valence-electron chi connectivity index (χ1n) is 5.29. The number of hydrogen-bond acceptors (Lipinski definition) is 4. The Balaban J connectivity index is 1.99. The van der Waals surface area contributed by atoms with E-state index in [1.807, 2.05) is 31.2 Å². The third-order valence-corrected chi connectivity index (χ3v) is 2.40. The zero-order chi connectivity index (χ0) is 12.3. The second-order valence-electron chi connectivity index (χ2n) is 3.87. The van der Waals surface area contributed by atoms with Crippen molar-refractivity contribution >= 4 is 5.91 Å². The van der Waals surface area contributed by atoms with Gasteiger partial charge < -0.3 is 5.32 Å². The summed E-state index contributed by atoms with van der Waals surface area (Å²) in [6.45, 7) is 4.15. The molecule has 17 heavy (non-hydrogen) atoms. The fourth-order valence-corrected chi connectivity index (χ4v) is 1.53. The molecule has 0 aliphatic heterocycles. The van der Waals surface area contributed by atoms with Crippen LogP contribution >= 0.6 is 0 Å². The van der Waals surface area contributed by atoms with E-state index in [-0.39, 0.29) is 11.6 Å². The van der Waals surface area contributed by atoms with Crippen molar-refractivity contribution in [3.63, 3.8) is 0 Å². The highest BCUT2D eigenvalue weighted by Crippen LogP contribution is 2.05. The monoisotopic (exact) mass is 231 g/mol. The summed E-state index contributed by atoms with van der Waals surface area (Å²) in [7, 11) is 0. The third kappa shape index (κ3) is 2.69. The van der Waals surface area contributed by atoms with E-state index in [0.717, 1.165) is 11.1 Å². The Morgan fingerprint density at radius 2 is 2.18 bits per heavy atom. The van der Waals surface area contributed by atoms with Crippen molar-refractivity contribution in [2.24, 2.45) is 0 Å². The predicted molar refractivity (Wildman–Crippen MR) is 61.4 cm³/mol. The van der Waals surface area contributed by atoms with Gasteiger partial charge in [0.1, 0.15) is 5.69 Å². The number of carbonyl (C=O) groups excluding carboxylic acids is 1. The van der Waals surface area contributed by atoms with Crippen LogP contribution in [0.25, 0.3) is 0 Å². The molecule has 1 heterocycles. The van der Waals surface area contributed by atoms with Crippen LogP contribution in [0.3, 0.4) is 0 Å². The second-order valence-corrected chi connectivity index (χ2v) is 3.87. The van der Waals surface area contributed by atoms with Gasteiger partial charge in [0, 0.05) is 6.54 Å². The Bertz CT molecular complexity index is 534. The maximum atomic E-state index is 11.7. The van der Waals surface area contributed by atoms with E-state index in [4.69, 9.17) is 0 Å². The SMILES string of the molecule is Cc1cccc(CNC(=O)c2nonc2C)c1. The van der Waals surface area contributed by atoms with Gasteiger partial charge in [-0.3, -0.25) is 4.79 Å². The molecule has 5 nitrogen and oxygen atoms in total. The molecule has 2 aromatic rings. The zero-order valence-corrected chi connectivity index (χ0v) is 9.73. The number of rotatable bonds is 3. The Morgan fingerprint density at radius 1 is 1.35 bits per heavy atom. The number of nitrogens with zero attached hydrogens (tertiary/aromatic N) is 2. The number of aromatic nitrogens is 2. The summed E-state index contributed by atoms with van der Waals surface area (Å²) in [5, 5.41) is 9.88. The molecule has 0 radical (unpaired) electrons. The summed E-state index contributed by atoms with van der Waals surface area (Å²) >= 11 is 0. The van der Waals surface area contributed by atoms with E-state index in [1.54, 1.807) is 6.92 Å². The summed E-state index contributed by atoms with van der Waals surface area (Å²) in [6.07, 6.45) is 0. The third-order valence-electron chi connectivity index (χ3n) is 2.40. The van der Waals surface area contributed by atoms with Gasteiger partial charge in [-0.1, -0.05) is 35.0 Å². The topological polar surface area (TPSA) is 68.0 Å². The molecule has 0 bridgehead atoms. The van der Waals surface area contributed by atoms with Crippen molar-refractivity contribution in [1.82, 2.24) is 15.6 Å². The van der Waals surface area contributed by atoms with Crippen LogP contribution in [0.4, 0.5) is 0 Å². The first-order chi connectivity index (χ1) is 8.16. The van der Waals surface area contributed by atoms with Gasteiger partial charge in [0.25, 0.3) is 5.91 Å². The summed E-state index contributed by atoms with van der Waals surface area (Å²) in [4.78, 5) is 11.7. The molecule has 0 spiro atoms. The molecule has 0 fully saturated rings. The van der Waals surface area contributed by atoms with Gasteiger partial charge in [-0.25, -0.2) is 4.63 Å². The first-order valence-corrected chi connectivity index (χ1v) is 5.29. The molecule has 2 rings (SSSR count). The minimum absolute atomic E-state index is 0.234. The molecule has 0 saturated carbocycles. The van der Waals surface area contributed by atoms with E-state index >= 15 is 0 Å². The van der Waals surface area contributed by atoms with Crippen LogP contribution in [0.1, 0.15) is 27.3 Å². The van der Waals surface area contributed by atoms with Crippen LogP contribution in [0.5, 0.6) is 0 Å². The van der Waals surface area contributed by atoms with Crippen molar-refractivity contribution in [3.05, 3.63) is 46.8 Å². The maximum absolute atomic E-state index is 11.7. The molecule has 0 aliphatic rings. The van der Waals surface area contributed by atoms with Crippen LogP contribution in [0.2, 0.25) is 0 Å². The molecule has 88 valence electrons. The largest absolute Gasteiger partial charge is 0.346 e. The molecule has 0 aliphatic carbocycles. The van der Waals surface area contributed by atoms with Gasteiger partial charge in [0.05, 0.1) is 0 Å². The van der Waals surface area contributed by atoms with Crippen molar-refractivity contribution in [3.8, 4) is 0 Å². The molecule has 1 amide bonds. The Labute approximate surface area is 98.8 Å². The number of hydrogen-bond donors (Lipinski definition) is 1. The number of carbonyl (C=O) groups is 1. The van der Waals surface area contributed by atoms with Crippen molar-refractivity contribution in [2.45, 2.75) is 20.4 Å². The molecule has 1 aromatic heterocycles. The minimum Gasteiger partial charge on any atom is -0.346 e. The number of amides is 1. The first kappa shape index (κ1) is 11.3. The number of aryl methyl sites for hydroxylation is 2. The maximum Gasteiger partial charge on any atom is 0.275 e. The quantitative estimate of drug-likeness (QED) is 0.871. The summed E-state index contributed by atoms with van der Waals surface area (Å²) in [6, 6.07) is 7.95. The van der Waals surface area contributed by atoms with Gasteiger partial charge in [-0.15, -0.1) is 0 Å². The molecule has 1 aromatic carbocycles. The predicted octanol–water partition coefficient (Wildman–Crippen LogP) is 1.62. The van der Waals surface area contributed by atoms with Crippen LogP contribution in [0, 0.1) is 13.8 Å². The zero-order valence-electron chi connectivity index (χ0n) is 9.73. The van der Waals surface area contributed by atoms with Gasteiger partial charge in [0.2, 0.25) is 0 Å². The molecule has 5 heteroatoms. The normalized spacial score (nSPS) is 10.2. The van der Waals surface area contributed by atoms with Crippen LogP contribution in [-0.2, 0) is 6.54 Å². The Morgan fingerprint density at radius 3 is 2.82 bits per heavy atom. The Hall–Kier alpha value is -2.17. The fraction of sp³-hybridized carbons (Fsp3) is 0.250. The molecule has 0 saturated heterocycles. The van der Waals surface area contributed by atoms with Gasteiger partial charge >= 0.3 is 0 Å². The molecular formula is C12H13N3O2. The van der Waals surface area contributed by atoms with Crippen LogP contribution in [-0.4, -0.2) is 16.2 Å². The average molecular weight is 231 g/mol.